The molecule has 0 bridgehead atoms. The summed E-state index contributed by atoms with van der Waals surface area (Å²) in [6.07, 6.45) is 0.900. The van der Waals surface area contributed by atoms with Crippen molar-refractivity contribution in [2.45, 2.75) is 39.8 Å². The van der Waals surface area contributed by atoms with Gasteiger partial charge >= 0.3 is 0 Å². The van der Waals surface area contributed by atoms with E-state index in [9.17, 15) is 4.79 Å². The summed E-state index contributed by atoms with van der Waals surface area (Å²) in [6, 6.07) is 5.31. The fourth-order valence-corrected chi connectivity index (χ4v) is 1.51. The summed E-state index contributed by atoms with van der Waals surface area (Å²) in [5, 5.41) is 2.81. The lowest BCUT2D eigenvalue weighted by atomic mass is 9.99. The minimum atomic E-state index is -0.440. The second-order valence-electron chi connectivity index (χ2n) is 4.40. The van der Waals surface area contributed by atoms with Gasteiger partial charge in [-0.2, -0.15) is 0 Å². The molecule has 94 valence electrons. The van der Waals surface area contributed by atoms with Gasteiger partial charge in [0, 0.05) is 5.69 Å². The largest absolute Gasteiger partial charge is 0.349 e. The third-order valence-corrected chi connectivity index (χ3v) is 2.95. The van der Waals surface area contributed by atoms with Gasteiger partial charge in [0.15, 0.2) is 0 Å². The van der Waals surface area contributed by atoms with E-state index in [1.165, 1.54) is 0 Å². The van der Waals surface area contributed by atoms with Gasteiger partial charge in [-0.3, -0.25) is 9.78 Å². The summed E-state index contributed by atoms with van der Waals surface area (Å²) in [7, 11) is 0. The van der Waals surface area contributed by atoms with Gasteiger partial charge in [-0.25, -0.2) is 0 Å². The number of nitrogens with one attached hydrogen (secondary N) is 1. The van der Waals surface area contributed by atoms with Crippen LogP contribution in [0.3, 0.4) is 0 Å². The quantitative estimate of drug-likeness (QED) is 0.810. The normalized spacial score (nSPS) is 14.1. The Labute approximate surface area is 103 Å². The predicted octanol–water partition coefficient (Wildman–Crippen LogP) is 1.38. The van der Waals surface area contributed by atoms with Crippen molar-refractivity contribution >= 4 is 5.91 Å². The van der Waals surface area contributed by atoms with Crippen LogP contribution < -0.4 is 11.1 Å². The fourth-order valence-electron chi connectivity index (χ4n) is 1.51. The third kappa shape index (κ3) is 4.15. The first-order valence-electron chi connectivity index (χ1n) is 6.00. The Kier molecular flexibility index (Phi) is 5.10. The molecule has 3 N–H and O–H groups in total. The zero-order valence-corrected chi connectivity index (χ0v) is 10.7. The number of hydrogen-bond donors (Lipinski definition) is 2. The van der Waals surface area contributed by atoms with Crippen LogP contribution in [0, 0.1) is 12.8 Å². The van der Waals surface area contributed by atoms with Crippen LogP contribution in [0.1, 0.15) is 31.7 Å². The number of rotatable bonds is 5. The standard InChI is InChI=1S/C13H21N3O/c1-4-9(2)12(14)13(17)15-8-11-7-5-6-10(3)16-11/h5-7,9,12H,4,8,14H2,1-3H3,(H,15,17)/t9?,12-/m0/s1. The lowest BCUT2D eigenvalue weighted by Crippen LogP contribution is -2.44. The van der Waals surface area contributed by atoms with Gasteiger partial charge < -0.3 is 11.1 Å². The minimum absolute atomic E-state index is 0.109. The number of aryl methyl sites for hydroxylation is 1. The molecule has 1 amide bonds. The van der Waals surface area contributed by atoms with Crippen molar-refractivity contribution in [2.75, 3.05) is 0 Å². The molecule has 17 heavy (non-hydrogen) atoms. The second kappa shape index (κ2) is 6.35. The predicted molar refractivity (Wildman–Crippen MR) is 68.3 cm³/mol. The molecule has 0 spiro atoms. The number of nitrogens with zero attached hydrogens (tertiary/aromatic N) is 1. The van der Waals surface area contributed by atoms with Crippen LogP contribution in [0.5, 0.6) is 0 Å². The molecular formula is C13H21N3O. The van der Waals surface area contributed by atoms with Crippen LogP contribution >= 0.6 is 0 Å². The highest BCUT2D eigenvalue weighted by atomic mass is 16.2. The molecule has 1 rings (SSSR count). The maximum absolute atomic E-state index is 11.7. The van der Waals surface area contributed by atoms with Gasteiger partial charge in [0.05, 0.1) is 18.3 Å². The van der Waals surface area contributed by atoms with E-state index in [1.54, 1.807) is 0 Å². The topological polar surface area (TPSA) is 68.0 Å². The number of carbonyl (C=O) groups excluding carboxylic acids is 1. The maximum Gasteiger partial charge on any atom is 0.237 e. The van der Waals surface area contributed by atoms with E-state index >= 15 is 0 Å². The molecule has 4 nitrogen and oxygen atoms in total. The molecule has 0 aliphatic rings. The molecule has 0 saturated carbocycles. The number of nitrogens with two attached hydrogens (primary N) is 1. The van der Waals surface area contributed by atoms with Gasteiger partial charge in [-0.1, -0.05) is 26.3 Å². The van der Waals surface area contributed by atoms with Gasteiger partial charge in [-0.15, -0.1) is 0 Å². The molecule has 1 aromatic rings. The Morgan fingerprint density at radius 3 is 2.82 bits per heavy atom. The van der Waals surface area contributed by atoms with Crippen molar-refractivity contribution in [3.8, 4) is 0 Å². The van der Waals surface area contributed by atoms with Crippen molar-refractivity contribution in [2.24, 2.45) is 11.7 Å². The van der Waals surface area contributed by atoms with Gasteiger partial charge in [0.1, 0.15) is 0 Å². The lowest BCUT2D eigenvalue weighted by Gasteiger charge is -2.17. The summed E-state index contributed by atoms with van der Waals surface area (Å²) >= 11 is 0. The first-order chi connectivity index (χ1) is 8.04. The molecule has 0 fully saturated rings. The van der Waals surface area contributed by atoms with Crippen LogP contribution in [0.25, 0.3) is 0 Å². The van der Waals surface area contributed by atoms with Gasteiger partial charge in [0.25, 0.3) is 0 Å². The number of aromatic nitrogens is 1. The summed E-state index contributed by atoms with van der Waals surface area (Å²) < 4.78 is 0. The molecule has 0 aromatic carbocycles. The molecule has 0 aliphatic carbocycles. The molecule has 2 atom stereocenters. The van der Waals surface area contributed by atoms with Crippen LogP contribution in [-0.4, -0.2) is 16.9 Å². The molecule has 1 aromatic heterocycles. The zero-order chi connectivity index (χ0) is 12.8. The number of hydrogen-bond acceptors (Lipinski definition) is 3. The number of amides is 1. The number of pyridine rings is 1. The molecule has 1 heterocycles. The smallest absolute Gasteiger partial charge is 0.237 e. The van der Waals surface area contributed by atoms with Crippen LogP contribution in [0.4, 0.5) is 0 Å². The van der Waals surface area contributed by atoms with Crippen molar-refractivity contribution in [1.29, 1.82) is 0 Å². The fraction of sp³-hybridized carbons (Fsp3) is 0.538. The SMILES string of the molecule is CCC(C)[C@H](N)C(=O)NCc1cccc(C)n1. The van der Waals surface area contributed by atoms with Gasteiger partial charge in [0.2, 0.25) is 5.91 Å². The Bertz CT molecular complexity index is 379. The Morgan fingerprint density at radius 1 is 1.53 bits per heavy atom. The second-order valence-corrected chi connectivity index (χ2v) is 4.40. The molecule has 0 aliphatic heterocycles. The first-order valence-corrected chi connectivity index (χ1v) is 6.00. The Morgan fingerprint density at radius 2 is 2.24 bits per heavy atom. The van der Waals surface area contributed by atoms with Crippen LogP contribution in [0.2, 0.25) is 0 Å². The maximum atomic E-state index is 11.7. The molecule has 4 heteroatoms. The molecular weight excluding hydrogens is 214 g/mol. The van der Waals surface area contributed by atoms with E-state index in [-0.39, 0.29) is 11.8 Å². The van der Waals surface area contributed by atoms with Crippen molar-refractivity contribution in [3.05, 3.63) is 29.6 Å². The van der Waals surface area contributed by atoms with Crippen molar-refractivity contribution in [1.82, 2.24) is 10.3 Å². The molecule has 0 radical (unpaired) electrons. The molecule has 1 unspecified atom stereocenters. The Balaban J connectivity index is 2.48. The highest BCUT2D eigenvalue weighted by Gasteiger charge is 2.18. The summed E-state index contributed by atoms with van der Waals surface area (Å²) in [6.45, 7) is 6.37. The summed E-state index contributed by atoms with van der Waals surface area (Å²) in [4.78, 5) is 16.1. The lowest BCUT2D eigenvalue weighted by molar-refractivity contribution is -0.123. The van der Waals surface area contributed by atoms with E-state index in [0.717, 1.165) is 17.8 Å². The monoisotopic (exact) mass is 235 g/mol. The van der Waals surface area contributed by atoms with E-state index in [2.05, 4.69) is 10.3 Å². The highest BCUT2D eigenvalue weighted by Crippen LogP contribution is 2.05. The first kappa shape index (κ1) is 13.6. The summed E-state index contributed by atoms with van der Waals surface area (Å²) in [5.74, 6) is 0.0862. The van der Waals surface area contributed by atoms with E-state index in [1.807, 2.05) is 39.0 Å². The van der Waals surface area contributed by atoms with Gasteiger partial charge in [-0.05, 0) is 25.0 Å². The third-order valence-electron chi connectivity index (χ3n) is 2.95. The Hall–Kier alpha value is -1.42. The van der Waals surface area contributed by atoms with E-state index in [0.29, 0.717) is 6.54 Å². The van der Waals surface area contributed by atoms with Crippen LogP contribution in [-0.2, 0) is 11.3 Å². The molecule has 0 saturated heterocycles. The average molecular weight is 235 g/mol. The summed E-state index contributed by atoms with van der Waals surface area (Å²) in [5.41, 5.74) is 7.64. The van der Waals surface area contributed by atoms with Crippen molar-refractivity contribution in [3.63, 3.8) is 0 Å². The zero-order valence-electron chi connectivity index (χ0n) is 10.7. The van der Waals surface area contributed by atoms with Crippen LogP contribution in [0.15, 0.2) is 18.2 Å². The number of carbonyl (C=O) groups is 1. The minimum Gasteiger partial charge on any atom is -0.349 e. The van der Waals surface area contributed by atoms with E-state index < -0.39 is 6.04 Å². The highest BCUT2D eigenvalue weighted by molar-refractivity contribution is 5.81. The van der Waals surface area contributed by atoms with Crippen molar-refractivity contribution < 1.29 is 4.79 Å². The average Bonchev–Trinajstić information content (AvgIpc) is 2.34. The van der Waals surface area contributed by atoms with E-state index in [4.69, 9.17) is 5.73 Å².